The van der Waals surface area contributed by atoms with E-state index < -0.39 is 0 Å². The van der Waals surface area contributed by atoms with E-state index in [1.165, 1.54) is 5.56 Å². The molecule has 2 rings (SSSR count). The maximum atomic E-state index is 11.8. The summed E-state index contributed by atoms with van der Waals surface area (Å²) in [6, 6.07) is 13.5. The van der Waals surface area contributed by atoms with Crippen molar-refractivity contribution >= 4 is 11.9 Å². The molecule has 0 amide bonds. The summed E-state index contributed by atoms with van der Waals surface area (Å²) in [6.07, 6.45) is 6.02. The summed E-state index contributed by atoms with van der Waals surface area (Å²) < 4.78 is 0. The van der Waals surface area contributed by atoms with Crippen LogP contribution in [-0.2, 0) is 6.42 Å². The van der Waals surface area contributed by atoms with Crippen molar-refractivity contribution in [3.05, 3.63) is 71.6 Å². The molecule has 0 N–H and O–H groups in total. The molecule has 0 saturated heterocycles. The van der Waals surface area contributed by atoms with E-state index in [-0.39, 0.29) is 5.78 Å². The highest BCUT2D eigenvalue weighted by atomic mass is 16.1. The van der Waals surface area contributed by atoms with Crippen molar-refractivity contribution in [3.63, 3.8) is 0 Å². The number of carbonyl (C=O) groups excluding carboxylic acids is 1. The van der Waals surface area contributed by atoms with Gasteiger partial charge in [-0.3, -0.25) is 9.78 Å². The zero-order valence-electron chi connectivity index (χ0n) is 10.3. The van der Waals surface area contributed by atoms with E-state index in [4.69, 9.17) is 0 Å². The van der Waals surface area contributed by atoms with Crippen LogP contribution in [0, 0.1) is 0 Å². The van der Waals surface area contributed by atoms with Crippen LogP contribution in [0.2, 0.25) is 0 Å². The van der Waals surface area contributed by atoms with Gasteiger partial charge in [0.1, 0.15) is 5.69 Å². The van der Waals surface area contributed by atoms with E-state index in [9.17, 15) is 4.79 Å². The lowest BCUT2D eigenvalue weighted by Crippen LogP contribution is -1.96. The fourth-order valence-corrected chi connectivity index (χ4v) is 1.63. The predicted octanol–water partition coefficient (Wildman–Crippen LogP) is 3.54. The number of pyridine rings is 1. The zero-order chi connectivity index (χ0) is 12.8. The molecule has 2 heteroatoms. The Balaban J connectivity index is 2.08. The van der Waals surface area contributed by atoms with Gasteiger partial charge in [-0.15, -0.1) is 0 Å². The van der Waals surface area contributed by atoms with Crippen LogP contribution in [0.15, 0.2) is 54.7 Å². The molecule has 0 bridgehead atoms. The Morgan fingerprint density at radius 2 is 1.94 bits per heavy atom. The van der Waals surface area contributed by atoms with E-state index in [1.807, 2.05) is 24.3 Å². The Morgan fingerprint density at radius 3 is 2.56 bits per heavy atom. The molecule has 0 aliphatic rings. The van der Waals surface area contributed by atoms with E-state index in [2.05, 4.69) is 24.0 Å². The molecule has 0 spiro atoms. The quantitative estimate of drug-likeness (QED) is 0.601. The summed E-state index contributed by atoms with van der Waals surface area (Å²) in [5, 5.41) is 0. The highest BCUT2D eigenvalue weighted by Gasteiger charge is 2.00. The molecule has 1 aromatic carbocycles. The van der Waals surface area contributed by atoms with Gasteiger partial charge in [-0.05, 0) is 35.8 Å². The van der Waals surface area contributed by atoms with Crippen LogP contribution in [-0.4, -0.2) is 10.8 Å². The van der Waals surface area contributed by atoms with Gasteiger partial charge in [0, 0.05) is 6.20 Å². The van der Waals surface area contributed by atoms with Crippen molar-refractivity contribution < 1.29 is 4.79 Å². The highest BCUT2D eigenvalue weighted by molar-refractivity contribution is 6.05. The average Bonchev–Trinajstić information content (AvgIpc) is 2.46. The molecule has 0 aliphatic carbocycles. The second kappa shape index (κ2) is 5.92. The molecular weight excluding hydrogens is 222 g/mol. The number of aromatic nitrogens is 1. The van der Waals surface area contributed by atoms with E-state index in [1.54, 1.807) is 24.4 Å². The highest BCUT2D eigenvalue weighted by Crippen LogP contribution is 2.07. The predicted molar refractivity (Wildman–Crippen MR) is 73.4 cm³/mol. The van der Waals surface area contributed by atoms with Gasteiger partial charge in [0.25, 0.3) is 0 Å². The SMILES string of the molecule is CCc1ccc(/C=C/C(=O)c2ccccn2)cc1. The van der Waals surface area contributed by atoms with Gasteiger partial charge in [-0.2, -0.15) is 0 Å². The van der Waals surface area contributed by atoms with Crippen molar-refractivity contribution in [2.75, 3.05) is 0 Å². The minimum absolute atomic E-state index is 0.0739. The summed E-state index contributed by atoms with van der Waals surface area (Å²) in [4.78, 5) is 15.8. The average molecular weight is 237 g/mol. The summed E-state index contributed by atoms with van der Waals surface area (Å²) in [7, 11) is 0. The van der Waals surface area contributed by atoms with Crippen LogP contribution in [0.25, 0.3) is 6.08 Å². The Labute approximate surface area is 107 Å². The first-order chi connectivity index (χ1) is 8.79. The smallest absolute Gasteiger partial charge is 0.204 e. The van der Waals surface area contributed by atoms with Crippen LogP contribution in [0.4, 0.5) is 0 Å². The fourth-order valence-electron chi connectivity index (χ4n) is 1.63. The molecule has 1 aromatic heterocycles. The van der Waals surface area contributed by atoms with Crippen molar-refractivity contribution in [2.24, 2.45) is 0 Å². The van der Waals surface area contributed by atoms with Crippen LogP contribution in [0.5, 0.6) is 0 Å². The lowest BCUT2D eigenvalue weighted by molar-refractivity contribution is 0.104. The normalized spacial score (nSPS) is 10.7. The number of benzene rings is 1. The number of carbonyl (C=O) groups is 1. The maximum absolute atomic E-state index is 11.8. The molecule has 0 radical (unpaired) electrons. The number of rotatable bonds is 4. The second-order valence-corrected chi connectivity index (χ2v) is 4.01. The number of allylic oxidation sites excluding steroid dienone is 1. The molecule has 2 aromatic rings. The third-order valence-electron chi connectivity index (χ3n) is 2.73. The minimum Gasteiger partial charge on any atom is -0.288 e. The standard InChI is InChI=1S/C16H15NO/c1-2-13-6-8-14(9-7-13)10-11-16(18)15-5-3-4-12-17-15/h3-12H,2H2,1H3/b11-10+. The Hall–Kier alpha value is -2.22. The third-order valence-corrected chi connectivity index (χ3v) is 2.73. The molecule has 90 valence electrons. The second-order valence-electron chi connectivity index (χ2n) is 4.01. The van der Waals surface area contributed by atoms with E-state index in [0.29, 0.717) is 5.69 Å². The Bertz CT molecular complexity index is 541. The molecule has 0 aliphatic heterocycles. The number of aryl methyl sites for hydroxylation is 1. The summed E-state index contributed by atoms with van der Waals surface area (Å²) >= 11 is 0. The molecule has 0 atom stereocenters. The first-order valence-corrected chi connectivity index (χ1v) is 6.02. The monoisotopic (exact) mass is 237 g/mol. The Kier molecular flexibility index (Phi) is 4.02. The molecule has 18 heavy (non-hydrogen) atoms. The van der Waals surface area contributed by atoms with Crippen LogP contribution < -0.4 is 0 Å². The first kappa shape index (κ1) is 12.2. The maximum Gasteiger partial charge on any atom is 0.204 e. The Morgan fingerprint density at radius 1 is 1.17 bits per heavy atom. The van der Waals surface area contributed by atoms with E-state index >= 15 is 0 Å². The molecular formula is C16H15NO. The zero-order valence-corrected chi connectivity index (χ0v) is 10.3. The largest absolute Gasteiger partial charge is 0.288 e. The van der Waals surface area contributed by atoms with Crippen LogP contribution in [0.1, 0.15) is 28.5 Å². The van der Waals surface area contributed by atoms with Gasteiger partial charge in [-0.1, -0.05) is 43.3 Å². The molecule has 0 unspecified atom stereocenters. The lowest BCUT2D eigenvalue weighted by atomic mass is 10.1. The van der Waals surface area contributed by atoms with E-state index in [0.717, 1.165) is 12.0 Å². The fraction of sp³-hybridized carbons (Fsp3) is 0.125. The van der Waals surface area contributed by atoms with Crippen LogP contribution in [0.3, 0.4) is 0 Å². The number of hydrogen-bond donors (Lipinski definition) is 0. The van der Waals surface area contributed by atoms with Gasteiger partial charge in [0.15, 0.2) is 0 Å². The number of ketones is 1. The van der Waals surface area contributed by atoms with Gasteiger partial charge in [0.2, 0.25) is 5.78 Å². The summed E-state index contributed by atoms with van der Waals surface area (Å²) in [5.74, 6) is -0.0739. The van der Waals surface area contributed by atoms with Gasteiger partial charge >= 0.3 is 0 Å². The van der Waals surface area contributed by atoms with Gasteiger partial charge in [-0.25, -0.2) is 0 Å². The topological polar surface area (TPSA) is 30.0 Å². The molecule has 0 saturated carbocycles. The molecule has 2 nitrogen and oxygen atoms in total. The lowest BCUT2D eigenvalue weighted by Gasteiger charge is -1.97. The third kappa shape index (κ3) is 3.14. The number of nitrogens with zero attached hydrogens (tertiary/aromatic N) is 1. The number of hydrogen-bond acceptors (Lipinski definition) is 2. The van der Waals surface area contributed by atoms with Crippen molar-refractivity contribution in [3.8, 4) is 0 Å². The van der Waals surface area contributed by atoms with Gasteiger partial charge < -0.3 is 0 Å². The minimum atomic E-state index is -0.0739. The van der Waals surface area contributed by atoms with Crippen molar-refractivity contribution in [1.29, 1.82) is 0 Å². The molecule has 1 heterocycles. The summed E-state index contributed by atoms with van der Waals surface area (Å²) in [5.41, 5.74) is 2.79. The summed E-state index contributed by atoms with van der Waals surface area (Å²) in [6.45, 7) is 2.12. The first-order valence-electron chi connectivity index (χ1n) is 6.02. The molecule has 0 fully saturated rings. The van der Waals surface area contributed by atoms with Gasteiger partial charge in [0.05, 0.1) is 0 Å². The van der Waals surface area contributed by atoms with Crippen molar-refractivity contribution in [1.82, 2.24) is 4.98 Å². The van der Waals surface area contributed by atoms with Crippen molar-refractivity contribution in [2.45, 2.75) is 13.3 Å². The van der Waals surface area contributed by atoms with Crippen LogP contribution >= 0.6 is 0 Å².